The topological polar surface area (TPSA) is 45.0 Å². The summed E-state index contributed by atoms with van der Waals surface area (Å²) in [5.74, 6) is 0.515. The van der Waals surface area contributed by atoms with E-state index < -0.39 is 5.54 Å². The third kappa shape index (κ3) is 4.96. The average Bonchev–Trinajstić information content (AvgIpc) is 2.42. The average molecular weight is 274 g/mol. The second-order valence-electron chi connectivity index (χ2n) is 5.90. The molecule has 20 heavy (non-hydrogen) atoms. The van der Waals surface area contributed by atoms with E-state index in [-0.39, 0.29) is 6.04 Å². The minimum Gasteiger partial charge on any atom is -0.381 e. The van der Waals surface area contributed by atoms with Crippen LogP contribution in [-0.2, 0) is 10.3 Å². The van der Waals surface area contributed by atoms with E-state index in [1.54, 1.807) is 0 Å². The minimum absolute atomic E-state index is 0.236. The highest BCUT2D eigenvalue weighted by Crippen LogP contribution is 2.25. The Labute approximate surface area is 123 Å². The number of nitriles is 1. The Bertz CT molecular complexity index is 422. The van der Waals surface area contributed by atoms with Crippen LogP contribution in [0.5, 0.6) is 0 Å². The molecular weight excluding hydrogens is 248 g/mol. The molecule has 110 valence electrons. The molecule has 0 amide bonds. The summed E-state index contributed by atoms with van der Waals surface area (Å²) in [4.78, 5) is 0. The summed E-state index contributed by atoms with van der Waals surface area (Å²) >= 11 is 0. The smallest absolute Gasteiger partial charge is 0.134 e. The Morgan fingerprint density at radius 2 is 1.85 bits per heavy atom. The maximum absolute atomic E-state index is 9.72. The molecule has 0 aliphatic carbocycles. The van der Waals surface area contributed by atoms with E-state index in [1.807, 2.05) is 30.3 Å². The van der Waals surface area contributed by atoms with Gasteiger partial charge >= 0.3 is 0 Å². The molecule has 0 saturated heterocycles. The van der Waals surface area contributed by atoms with Gasteiger partial charge in [-0.3, -0.25) is 5.32 Å². The zero-order chi connectivity index (χ0) is 15.0. The van der Waals surface area contributed by atoms with Gasteiger partial charge in [-0.05, 0) is 25.3 Å². The van der Waals surface area contributed by atoms with Crippen molar-refractivity contribution in [2.45, 2.75) is 45.7 Å². The standard InChI is InChI=1S/C17H26N2O/c1-14(2)12-20-11-10-17(13-18,19-15(3)4)16-8-6-5-7-9-16/h5-9,14-15,19H,10-12H2,1-4H3. The lowest BCUT2D eigenvalue weighted by Crippen LogP contribution is -2.45. The summed E-state index contributed by atoms with van der Waals surface area (Å²) in [7, 11) is 0. The maximum Gasteiger partial charge on any atom is 0.134 e. The van der Waals surface area contributed by atoms with Gasteiger partial charge in [-0.1, -0.05) is 44.2 Å². The first-order valence-electron chi connectivity index (χ1n) is 7.32. The highest BCUT2D eigenvalue weighted by atomic mass is 16.5. The summed E-state index contributed by atoms with van der Waals surface area (Å²) in [6.07, 6.45) is 0.651. The Morgan fingerprint density at radius 1 is 1.20 bits per heavy atom. The largest absolute Gasteiger partial charge is 0.381 e. The zero-order valence-corrected chi connectivity index (χ0v) is 13.0. The number of benzene rings is 1. The van der Waals surface area contributed by atoms with Gasteiger partial charge in [0.25, 0.3) is 0 Å². The van der Waals surface area contributed by atoms with Gasteiger partial charge in [0.05, 0.1) is 6.07 Å². The van der Waals surface area contributed by atoms with E-state index in [2.05, 4.69) is 39.1 Å². The minimum atomic E-state index is -0.674. The molecule has 1 N–H and O–H groups in total. The Hall–Kier alpha value is -1.37. The molecular formula is C17H26N2O. The summed E-state index contributed by atoms with van der Waals surface area (Å²) in [6.45, 7) is 9.69. The molecule has 1 unspecified atom stereocenters. The molecule has 0 radical (unpaired) electrons. The van der Waals surface area contributed by atoms with Crippen LogP contribution in [-0.4, -0.2) is 19.3 Å². The molecule has 0 bridgehead atoms. The van der Waals surface area contributed by atoms with Crippen LogP contribution in [0.2, 0.25) is 0 Å². The van der Waals surface area contributed by atoms with Crippen molar-refractivity contribution in [1.82, 2.24) is 5.32 Å². The quantitative estimate of drug-likeness (QED) is 0.738. The molecule has 0 aliphatic rings. The van der Waals surface area contributed by atoms with Crippen molar-refractivity contribution >= 4 is 0 Å². The number of ether oxygens (including phenoxy) is 1. The highest BCUT2D eigenvalue weighted by Gasteiger charge is 2.32. The molecule has 0 saturated carbocycles. The van der Waals surface area contributed by atoms with Crippen molar-refractivity contribution in [3.05, 3.63) is 35.9 Å². The number of nitrogens with one attached hydrogen (secondary N) is 1. The fraction of sp³-hybridized carbons (Fsp3) is 0.588. The van der Waals surface area contributed by atoms with Gasteiger partial charge in [-0.25, -0.2) is 0 Å². The van der Waals surface area contributed by atoms with Crippen LogP contribution in [0.3, 0.4) is 0 Å². The predicted octanol–water partition coefficient (Wildman–Crippen LogP) is 3.47. The molecule has 0 fully saturated rings. The van der Waals surface area contributed by atoms with Gasteiger partial charge in [0, 0.05) is 25.7 Å². The van der Waals surface area contributed by atoms with Crippen LogP contribution in [0.1, 0.15) is 39.7 Å². The van der Waals surface area contributed by atoms with Crippen LogP contribution in [0.4, 0.5) is 0 Å². The van der Waals surface area contributed by atoms with Gasteiger partial charge in [0.1, 0.15) is 5.54 Å². The van der Waals surface area contributed by atoms with Crippen molar-refractivity contribution in [1.29, 1.82) is 5.26 Å². The van der Waals surface area contributed by atoms with Gasteiger partial charge in [-0.15, -0.1) is 0 Å². The van der Waals surface area contributed by atoms with Crippen LogP contribution in [0.15, 0.2) is 30.3 Å². The molecule has 3 nitrogen and oxygen atoms in total. The summed E-state index contributed by atoms with van der Waals surface area (Å²) in [5, 5.41) is 13.1. The number of hydrogen-bond donors (Lipinski definition) is 1. The van der Waals surface area contributed by atoms with E-state index >= 15 is 0 Å². The van der Waals surface area contributed by atoms with Crippen LogP contribution < -0.4 is 5.32 Å². The number of hydrogen-bond acceptors (Lipinski definition) is 3. The van der Waals surface area contributed by atoms with Crippen LogP contribution in [0.25, 0.3) is 0 Å². The molecule has 1 aromatic carbocycles. The Morgan fingerprint density at radius 3 is 2.35 bits per heavy atom. The molecule has 0 aromatic heterocycles. The zero-order valence-electron chi connectivity index (χ0n) is 13.0. The lowest BCUT2D eigenvalue weighted by Gasteiger charge is -2.30. The van der Waals surface area contributed by atoms with Crippen molar-refractivity contribution in [3.63, 3.8) is 0 Å². The molecule has 0 aliphatic heterocycles. The third-order valence-corrected chi connectivity index (χ3v) is 3.07. The number of nitrogens with zero attached hydrogens (tertiary/aromatic N) is 1. The first-order valence-corrected chi connectivity index (χ1v) is 7.32. The maximum atomic E-state index is 9.72. The van der Waals surface area contributed by atoms with Crippen LogP contribution >= 0.6 is 0 Å². The number of rotatable bonds is 8. The van der Waals surface area contributed by atoms with E-state index in [4.69, 9.17) is 4.74 Å². The first-order chi connectivity index (χ1) is 9.50. The van der Waals surface area contributed by atoms with Gasteiger partial charge < -0.3 is 4.74 Å². The molecule has 0 spiro atoms. The van der Waals surface area contributed by atoms with E-state index in [1.165, 1.54) is 0 Å². The van der Waals surface area contributed by atoms with E-state index in [0.29, 0.717) is 18.9 Å². The molecule has 0 heterocycles. The predicted molar refractivity (Wildman–Crippen MR) is 82.3 cm³/mol. The third-order valence-electron chi connectivity index (χ3n) is 3.07. The van der Waals surface area contributed by atoms with E-state index in [0.717, 1.165) is 12.2 Å². The SMILES string of the molecule is CC(C)COCCC(C#N)(NC(C)C)c1ccccc1. The van der Waals surface area contributed by atoms with Crippen LogP contribution in [0, 0.1) is 17.2 Å². The van der Waals surface area contributed by atoms with E-state index in [9.17, 15) is 5.26 Å². The highest BCUT2D eigenvalue weighted by molar-refractivity contribution is 5.31. The van der Waals surface area contributed by atoms with Crippen molar-refractivity contribution in [2.24, 2.45) is 5.92 Å². The van der Waals surface area contributed by atoms with Crippen molar-refractivity contribution in [3.8, 4) is 6.07 Å². The molecule has 1 rings (SSSR count). The summed E-state index contributed by atoms with van der Waals surface area (Å²) in [6, 6.07) is 12.6. The van der Waals surface area contributed by atoms with Gasteiger partial charge in [0.2, 0.25) is 0 Å². The fourth-order valence-corrected chi connectivity index (χ4v) is 2.21. The Kier molecular flexibility index (Phi) is 6.70. The molecule has 1 atom stereocenters. The normalized spacial score (nSPS) is 14.2. The van der Waals surface area contributed by atoms with Gasteiger partial charge in [-0.2, -0.15) is 5.26 Å². The summed E-state index contributed by atoms with van der Waals surface area (Å²) < 4.78 is 5.66. The van der Waals surface area contributed by atoms with Crippen molar-refractivity contribution in [2.75, 3.05) is 13.2 Å². The molecule has 1 aromatic rings. The first kappa shape index (κ1) is 16.7. The summed E-state index contributed by atoms with van der Waals surface area (Å²) in [5.41, 5.74) is 0.330. The second kappa shape index (κ2) is 8.04. The lowest BCUT2D eigenvalue weighted by atomic mass is 9.87. The molecule has 3 heteroatoms. The second-order valence-corrected chi connectivity index (χ2v) is 5.90. The van der Waals surface area contributed by atoms with Crippen molar-refractivity contribution < 1.29 is 4.74 Å². The Balaban J connectivity index is 2.82. The van der Waals surface area contributed by atoms with Gasteiger partial charge in [0.15, 0.2) is 0 Å². The fourth-order valence-electron chi connectivity index (χ4n) is 2.21. The monoisotopic (exact) mass is 274 g/mol. The lowest BCUT2D eigenvalue weighted by molar-refractivity contribution is 0.0931.